The van der Waals surface area contributed by atoms with Crippen LogP contribution in [0.4, 0.5) is 11.4 Å². The van der Waals surface area contributed by atoms with E-state index in [0.717, 1.165) is 27.3 Å². The smallest absolute Gasteiger partial charge is 0.0855 e. The van der Waals surface area contributed by atoms with Crippen molar-refractivity contribution in [2.75, 3.05) is 11.5 Å². The lowest BCUT2D eigenvalue weighted by atomic mass is 10.0. The van der Waals surface area contributed by atoms with Gasteiger partial charge in [-0.3, -0.25) is 0 Å². The van der Waals surface area contributed by atoms with Gasteiger partial charge >= 0.3 is 0 Å². The Kier molecular flexibility index (Phi) is 2.19. The minimum absolute atomic E-state index is 0.702. The first-order valence-corrected chi connectivity index (χ1v) is 6.49. The highest BCUT2D eigenvalue weighted by Crippen LogP contribution is 2.33. The summed E-state index contributed by atoms with van der Waals surface area (Å²) in [4.78, 5) is 1.72. The lowest BCUT2D eigenvalue weighted by molar-refractivity contribution is 0.679. The fourth-order valence-corrected chi connectivity index (χ4v) is 3.52. The van der Waals surface area contributed by atoms with Crippen molar-refractivity contribution in [3.63, 3.8) is 0 Å². The number of hydrogen-bond acceptors (Lipinski definition) is 3. The number of anilines is 2. The zero-order chi connectivity index (χ0) is 12.0. The van der Waals surface area contributed by atoms with Gasteiger partial charge in [-0.15, -0.1) is 0 Å². The molecule has 4 N–H and O–H groups in total. The molecule has 4 heteroatoms. The van der Waals surface area contributed by atoms with Crippen LogP contribution in [0.2, 0.25) is 0 Å². The van der Waals surface area contributed by atoms with Gasteiger partial charge in [0, 0.05) is 27.6 Å². The summed E-state index contributed by atoms with van der Waals surface area (Å²) in [6.07, 6.45) is 0.743. The summed E-state index contributed by atoms with van der Waals surface area (Å²) in [6, 6.07) is 11.1. The van der Waals surface area contributed by atoms with Crippen molar-refractivity contribution in [3.05, 3.63) is 47.5 Å². The quantitative estimate of drug-likeness (QED) is 0.594. The maximum absolute atomic E-state index is 12.4. The standard InChI is InChI=1S/C13H12N2OS/c14-10-1-3-12-8(6-10)5-9-7-11(15)2-4-13(9)17(12)16/h1-4,6-7H,5,14-15H2. The molecule has 1 aliphatic heterocycles. The molecule has 0 saturated carbocycles. The van der Waals surface area contributed by atoms with Gasteiger partial charge in [-0.25, -0.2) is 4.21 Å². The average Bonchev–Trinajstić information content (AvgIpc) is 2.28. The maximum Gasteiger partial charge on any atom is 0.0855 e. The SMILES string of the molecule is Nc1ccc2c(c1)Cc1cc(N)ccc1S2=O. The number of nitrogen functional groups attached to an aromatic ring is 2. The van der Waals surface area contributed by atoms with E-state index in [1.807, 2.05) is 24.3 Å². The van der Waals surface area contributed by atoms with E-state index < -0.39 is 10.8 Å². The van der Waals surface area contributed by atoms with E-state index in [4.69, 9.17) is 11.5 Å². The second-order valence-electron chi connectivity index (χ2n) is 4.18. The Morgan fingerprint density at radius 2 is 1.35 bits per heavy atom. The molecule has 86 valence electrons. The van der Waals surface area contributed by atoms with Gasteiger partial charge in [-0.2, -0.15) is 0 Å². The Bertz CT molecular complexity index is 584. The van der Waals surface area contributed by atoms with Crippen molar-refractivity contribution in [1.29, 1.82) is 0 Å². The minimum Gasteiger partial charge on any atom is -0.399 e. The molecule has 2 aromatic carbocycles. The second kappa shape index (κ2) is 3.60. The number of nitrogens with two attached hydrogens (primary N) is 2. The first-order chi connectivity index (χ1) is 8.15. The van der Waals surface area contributed by atoms with Crippen molar-refractivity contribution in [2.45, 2.75) is 16.2 Å². The highest BCUT2D eigenvalue weighted by molar-refractivity contribution is 7.85. The van der Waals surface area contributed by atoms with E-state index in [0.29, 0.717) is 11.4 Å². The summed E-state index contributed by atoms with van der Waals surface area (Å²) in [7, 11) is -1.12. The number of fused-ring (bicyclic) bond motifs is 2. The fourth-order valence-electron chi connectivity index (χ4n) is 2.16. The molecule has 0 bridgehead atoms. The van der Waals surface area contributed by atoms with Crippen LogP contribution >= 0.6 is 0 Å². The Morgan fingerprint density at radius 3 is 1.82 bits per heavy atom. The molecule has 1 aliphatic rings. The highest BCUT2D eigenvalue weighted by atomic mass is 32.2. The summed E-state index contributed by atoms with van der Waals surface area (Å²) in [5.41, 5.74) is 15.0. The van der Waals surface area contributed by atoms with Gasteiger partial charge in [0.2, 0.25) is 0 Å². The van der Waals surface area contributed by atoms with E-state index in [2.05, 4.69) is 0 Å². The maximum atomic E-state index is 12.4. The molecule has 3 nitrogen and oxygen atoms in total. The molecule has 1 heterocycles. The largest absolute Gasteiger partial charge is 0.399 e. The summed E-state index contributed by atoms with van der Waals surface area (Å²) in [5, 5.41) is 0. The van der Waals surface area contributed by atoms with Crippen molar-refractivity contribution in [3.8, 4) is 0 Å². The molecule has 0 unspecified atom stereocenters. The molecule has 0 spiro atoms. The van der Waals surface area contributed by atoms with Crippen molar-refractivity contribution in [1.82, 2.24) is 0 Å². The summed E-state index contributed by atoms with van der Waals surface area (Å²) < 4.78 is 12.4. The van der Waals surface area contributed by atoms with Gasteiger partial charge < -0.3 is 11.5 Å². The summed E-state index contributed by atoms with van der Waals surface area (Å²) >= 11 is 0. The van der Waals surface area contributed by atoms with E-state index >= 15 is 0 Å². The number of rotatable bonds is 0. The van der Waals surface area contributed by atoms with Crippen LogP contribution in [0.1, 0.15) is 11.1 Å². The fraction of sp³-hybridized carbons (Fsp3) is 0.0769. The third-order valence-electron chi connectivity index (χ3n) is 2.95. The molecule has 0 aromatic heterocycles. The normalized spacial score (nSPS) is 14.1. The number of hydrogen-bond donors (Lipinski definition) is 2. The van der Waals surface area contributed by atoms with E-state index in [1.165, 1.54) is 0 Å². The molecule has 0 fully saturated rings. The monoisotopic (exact) mass is 244 g/mol. The molecular formula is C13H12N2OS. The van der Waals surface area contributed by atoms with Gasteiger partial charge in [-0.05, 0) is 47.5 Å². The van der Waals surface area contributed by atoms with Crippen LogP contribution in [0, 0.1) is 0 Å². The molecule has 0 saturated heterocycles. The molecule has 0 radical (unpaired) electrons. The summed E-state index contributed by atoms with van der Waals surface area (Å²) in [6.45, 7) is 0. The Morgan fingerprint density at radius 1 is 0.882 bits per heavy atom. The molecule has 3 rings (SSSR count). The molecule has 2 aromatic rings. The average molecular weight is 244 g/mol. The molecule has 17 heavy (non-hydrogen) atoms. The van der Waals surface area contributed by atoms with Crippen LogP contribution in [0.5, 0.6) is 0 Å². The molecule has 0 atom stereocenters. The van der Waals surface area contributed by atoms with Crippen LogP contribution < -0.4 is 11.5 Å². The van der Waals surface area contributed by atoms with Gasteiger partial charge in [0.05, 0.1) is 10.8 Å². The number of benzene rings is 2. The lowest BCUT2D eigenvalue weighted by Gasteiger charge is -2.19. The van der Waals surface area contributed by atoms with Crippen molar-refractivity contribution < 1.29 is 4.21 Å². The highest BCUT2D eigenvalue weighted by Gasteiger charge is 2.21. The van der Waals surface area contributed by atoms with Crippen LogP contribution in [-0.2, 0) is 17.2 Å². The summed E-state index contributed by atoms with van der Waals surface area (Å²) in [5.74, 6) is 0. The first-order valence-electron chi connectivity index (χ1n) is 5.34. The van der Waals surface area contributed by atoms with E-state index in [-0.39, 0.29) is 0 Å². The zero-order valence-corrected chi connectivity index (χ0v) is 9.96. The molecule has 0 amide bonds. The zero-order valence-electron chi connectivity index (χ0n) is 9.14. The van der Waals surface area contributed by atoms with Crippen LogP contribution in [0.25, 0.3) is 0 Å². The van der Waals surface area contributed by atoms with Gasteiger partial charge in [0.1, 0.15) is 0 Å². The van der Waals surface area contributed by atoms with Crippen molar-refractivity contribution in [2.24, 2.45) is 0 Å². The predicted octanol–water partition coefficient (Wildman–Crippen LogP) is 1.92. The Labute approximate surface area is 102 Å². The van der Waals surface area contributed by atoms with E-state index in [9.17, 15) is 4.21 Å². The third kappa shape index (κ3) is 1.61. The van der Waals surface area contributed by atoms with Gasteiger partial charge in [-0.1, -0.05) is 0 Å². The van der Waals surface area contributed by atoms with Gasteiger partial charge in [0.25, 0.3) is 0 Å². The first kappa shape index (κ1) is 10.4. The van der Waals surface area contributed by atoms with Crippen LogP contribution in [-0.4, -0.2) is 4.21 Å². The van der Waals surface area contributed by atoms with Gasteiger partial charge in [0.15, 0.2) is 0 Å². The van der Waals surface area contributed by atoms with Crippen molar-refractivity contribution >= 4 is 22.2 Å². The minimum atomic E-state index is -1.12. The molecule has 0 aliphatic carbocycles. The lowest BCUT2D eigenvalue weighted by Crippen LogP contribution is -2.10. The van der Waals surface area contributed by atoms with Crippen LogP contribution in [0.3, 0.4) is 0 Å². The second-order valence-corrected chi connectivity index (χ2v) is 5.60. The molecular weight excluding hydrogens is 232 g/mol. The topological polar surface area (TPSA) is 69.1 Å². The van der Waals surface area contributed by atoms with E-state index in [1.54, 1.807) is 12.1 Å². The Hall–Kier alpha value is -1.81. The predicted molar refractivity (Wildman–Crippen MR) is 69.2 cm³/mol. The van der Waals surface area contributed by atoms with Crippen LogP contribution in [0.15, 0.2) is 46.2 Å². The Balaban J connectivity index is 2.21. The third-order valence-corrected chi connectivity index (χ3v) is 4.54.